The van der Waals surface area contributed by atoms with Crippen molar-refractivity contribution in [2.75, 3.05) is 18.2 Å². The average molecular weight is 315 g/mol. The number of para-hydroxylation sites is 1. The number of anilines is 1. The van der Waals surface area contributed by atoms with Crippen LogP contribution in [0.2, 0.25) is 0 Å². The zero-order valence-corrected chi connectivity index (χ0v) is 13.1. The van der Waals surface area contributed by atoms with E-state index >= 15 is 0 Å². The molecular formula is C17H17NO3S. The topological polar surface area (TPSA) is 55.4 Å². The van der Waals surface area contributed by atoms with Gasteiger partial charge in [-0.05, 0) is 24.3 Å². The van der Waals surface area contributed by atoms with E-state index in [0.29, 0.717) is 23.4 Å². The lowest BCUT2D eigenvalue weighted by molar-refractivity contribution is -0.115. The van der Waals surface area contributed by atoms with Gasteiger partial charge in [-0.15, -0.1) is 11.8 Å². The van der Waals surface area contributed by atoms with Crippen LogP contribution in [-0.2, 0) is 9.53 Å². The Labute approximate surface area is 133 Å². The van der Waals surface area contributed by atoms with Gasteiger partial charge in [0.05, 0.1) is 18.4 Å². The standard InChI is InChI=1S/C17H17NO3S/c1-21-17(20)14-9-5-6-10-15(14)18-16(19)11-12-22-13-7-3-2-4-8-13/h2-10H,11-12H2,1H3,(H,18,19). The highest BCUT2D eigenvalue weighted by molar-refractivity contribution is 7.99. The number of hydrogen-bond donors (Lipinski definition) is 1. The number of ether oxygens (including phenoxy) is 1. The van der Waals surface area contributed by atoms with E-state index in [1.165, 1.54) is 7.11 Å². The number of hydrogen-bond acceptors (Lipinski definition) is 4. The molecule has 5 heteroatoms. The molecule has 114 valence electrons. The van der Waals surface area contributed by atoms with E-state index in [1.807, 2.05) is 30.3 Å². The third-order valence-corrected chi connectivity index (χ3v) is 3.96. The van der Waals surface area contributed by atoms with Crippen molar-refractivity contribution in [2.24, 2.45) is 0 Å². The molecule has 2 aromatic carbocycles. The van der Waals surface area contributed by atoms with Crippen LogP contribution < -0.4 is 5.32 Å². The molecule has 1 N–H and O–H groups in total. The molecule has 4 nitrogen and oxygen atoms in total. The highest BCUT2D eigenvalue weighted by Gasteiger charge is 2.12. The first-order valence-electron chi connectivity index (χ1n) is 6.86. The van der Waals surface area contributed by atoms with Crippen molar-refractivity contribution >= 4 is 29.3 Å². The first-order chi connectivity index (χ1) is 10.7. The zero-order valence-electron chi connectivity index (χ0n) is 12.2. The second kappa shape index (κ2) is 8.24. The van der Waals surface area contributed by atoms with E-state index in [0.717, 1.165) is 4.90 Å². The van der Waals surface area contributed by atoms with Gasteiger partial charge in [0, 0.05) is 17.1 Å². The van der Waals surface area contributed by atoms with E-state index < -0.39 is 5.97 Å². The van der Waals surface area contributed by atoms with Crippen molar-refractivity contribution in [1.82, 2.24) is 0 Å². The predicted molar refractivity (Wildman–Crippen MR) is 88.2 cm³/mol. The number of rotatable bonds is 6. The Kier molecular flexibility index (Phi) is 6.03. The lowest BCUT2D eigenvalue weighted by Gasteiger charge is -2.09. The number of esters is 1. The fourth-order valence-electron chi connectivity index (χ4n) is 1.87. The number of benzene rings is 2. The van der Waals surface area contributed by atoms with Crippen molar-refractivity contribution < 1.29 is 14.3 Å². The van der Waals surface area contributed by atoms with Gasteiger partial charge >= 0.3 is 5.97 Å². The average Bonchev–Trinajstić information content (AvgIpc) is 2.55. The van der Waals surface area contributed by atoms with Crippen LogP contribution in [0, 0.1) is 0 Å². The molecule has 0 aliphatic rings. The van der Waals surface area contributed by atoms with Crippen molar-refractivity contribution in [1.29, 1.82) is 0 Å². The number of methoxy groups -OCH3 is 1. The summed E-state index contributed by atoms with van der Waals surface area (Å²) in [6, 6.07) is 16.7. The summed E-state index contributed by atoms with van der Waals surface area (Å²) in [5, 5.41) is 2.76. The van der Waals surface area contributed by atoms with Crippen LogP contribution in [0.4, 0.5) is 5.69 Å². The molecule has 1 amide bonds. The van der Waals surface area contributed by atoms with Gasteiger partial charge in [-0.25, -0.2) is 4.79 Å². The minimum atomic E-state index is -0.463. The Morgan fingerprint density at radius 1 is 1.05 bits per heavy atom. The zero-order chi connectivity index (χ0) is 15.8. The van der Waals surface area contributed by atoms with Gasteiger partial charge < -0.3 is 10.1 Å². The quantitative estimate of drug-likeness (QED) is 0.654. The Balaban J connectivity index is 1.88. The first-order valence-corrected chi connectivity index (χ1v) is 7.84. The summed E-state index contributed by atoms with van der Waals surface area (Å²) < 4.78 is 4.70. The van der Waals surface area contributed by atoms with Crippen molar-refractivity contribution in [3.05, 3.63) is 60.2 Å². The van der Waals surface area contributed by atoms with Gasteiger partial charge in [-0.3, -0.25) is 4.79 Å². The maximum Gasteiger partial charge on any atom is 0.339 e. The summed E-state index contributed by atoms with van der Waals surface area (Å²) in [6.07, 6.45) is 0.370. The summed E-state index contributed by atoms with van der Waals surface area (Å²) in [4.78, 5) is 24.8. The molecule has 0 aliphatic carbocycles. The minimum Gasteiger partial charge on any atom is -0.465 e. The molecule has 0 fully saturated rings. The van der Waals surface area contributed by atoms with Crippen LogP contribution in [0.25, 0.3) is 0 Å². The number of carbonyl (C=O) groups excluding carboxylic acids is 2. The van der Waals surface area contributed by atoms with E-state index in [2.05, 4.69) is 5.32 Å². The van der Waals surface area contributed by atoms with Gasteiger partial charge in [-0.2, -0.15) is 0 Å². The van der Waals surface area contributed by atoms with Gasteiger partial charge in [0.2, 0.25) is 5.91 Å². The van der Waals surface area contributed by atoms with Gasteiger partial charge in [-0.1, -0.05) is 30.3 Å². The first kappa shape index (κ1) is 16.1. The molecule has 0 unspecified atom stereocenters. The molecule has 0 radical (unpaired) electrons. The monoisotopic (exact) mass is 315 g/mol. The largest absolute Gasteiger partial charge is 0.465 e. The fourth-order valence-corrected chi connectivity index (χ4v) is 2.74. The summed E-state index contributed by atoms with van der Waals surface area (Å²) in [5.74, 6) is 0.0883. The second-order valence-electron chi connectivity index (χ2n) is 4.50. The lowest BCUT2D eigenvalue weighted by atomic mass is 10.2. The highest BCUT2D eigenvalue weighted by atomic mass is 32.2. The lowest BCUT2D eigenvalue weighted by Crippen LogP contribution is -2.15. The molecule has 0 spiro atoms. The molecule has 0 aliphatic heterocycles. The maximum absolute atomic E-state index is 12.0. The molecule has 2 aromatic rings. The Bertz CT molecular complexity index is 643. The van der Waals surface area contributed by atoms with Crippen molar-refractivity contribution in [3.63, 3.8) is 0 Å². The SMILES string of the molecule is COC(=O)c1ccccc1NC(=O)CCSc1ccccc1. The number of thioether (sulfide) groups is 1. The second-order valence-corrected chi connectivity index (χ2v) is 5.67. The van der Waals surface area contributed by atoms with Gasteiger partial charge in [0.1, 0.15) is 0 Å². The van der Waals surface area contributed by atoms with Crippen LogP contribution >= 0.6 is 11.8 Å². The van der Waals surface area contributed by atoms with E-state index in [9.17, 15) is 9.59 Å². The summed E-state index contributed by atoms with van der Waals surface area (Å²) in [7, 11) is 1.32. The van der Waals surface area contributed by atoms with Crippen LogP contribution in [0.15, 0.2) is 59.5 Å². The number of amides is 1. The molecular weight excluding hydrogens is 298 g/mol. The number of carbonyl (C=O) groups is 2. The van der Waals surface area contributed by atoms with E-state index in [1.54, 1.807) is 36.0 Å². The molecule has 0 bridgehead atoms. The van der Waals surface area contributed by atoms with E-state index in [4.69, 9.17) is 4.74 Å². The van der Waals surface area contributed by atoms with Crippen molar-refractivity contribution in [2.45, 2.75) is 11.3 Å². The fraction of sp³-hybridized carbons (Fsp3) is 0.176. The Morgan fingerprint density at radius 3 is 2.45 bits per heavy atom. The Morgan fingerprint density at radius 2 is 1.73 bits per heavy atom. The molecule has 0 aromatic heterocycles. The van der Waals surface area contributed by atoms with Gasteiger partial charge in [0.15, 0.2) is 0 Å². The molecule has 0 atom stereocenters. The van der Waals surface area contributed by atoms with E-state index in [-0.39, 0.29) is 5.91 Å². The molecule has 0 heterocycles. The maximum atomic E-state index is 12.0. The minimum absolute atomic E-state index is 0.125. The predicted octanol–water partition coefficient (Wildman–Crippen LogP) is 3.59. The van der Waals surface area contributed by atoms with Crippen LogP contribution in [0.1, 0.15) is 16.8 Å². The molecule has 0 saturated heterocycles. The Hall–Kier alpha value is -2.27. The summed E-state index contributed by atoms with van der Waals surface area (Å²) >= 11 is 1.62. The smallest absolute Gasteiger partial charge is 0.339 e. The number of nitrogens with one attached hydrogen (secondary N) is 1. The van der Waals surface area contributed by atoms with Gasteiger partial charge in [0.25, 0.3) is 0 Å². The summed E-state index contributed by atoms with van der Waals surface area (Å²) in [6.45, 7) is 0. The highest BCUT2D eigenvalue weighted by Crippen LogP contribution is 2.19. The normalized spacial score (nSPS) is 10.0. The van der Waals surface area contributed by atoms with Crippen LogP contribution in [0.3, 0.4) is 0 Å². The molecule has 22 heavy (non-hydrogen) atoms. The molecule has 0 saturated carbocycles. The molecule has 2 rings (SSSR count). The summed E-state index contributed by atoms with van der Waals surface area (Å²) in [5.41, 5.74) is 0.832. The van der Waals surface area contributed by atoms with Crippen LogP contribution in [-0.4, -0.2) is 24.7 Å². The third kappa shape index (κ3) is 4.63. The van der Waals surface area contributed by atoms with Crippen LogP contribution in [0.5, 0.6) is 0 Å². The third-order valence-electron chi connectivity index (χ3n) is 2.95. The van der Waals surface area contributed by atoms with Crippen molar-refractivity contribution in [3.8, 4) is 0 Å².